The summed E-state index contributed by atoms with van der Waals surface area (Å²) in [7, 11) is 0. The highest BCUT2D eigenvalue weighted by Gasteiger charge is 2.19. The molecule has 0 heterocycles. The Bertz CT molecular complexity index is 656. The van der Waals surface area contributed by atoms with Gasteiger partial charge in [0.2, 0.25) is 0 Å². The summed E-state index contributed by atoms with van der Waals surface area (Å²) in [6.45, 7) is 1.70. The zero-order valence-electron chi connectivity index (χ0n) is 12.0. The number of nitro groups is 1. The Labute approximate surface area is 127 Å². The molecule has 6 heteroatoms. The highest BCUT2D eigenvalue weighted by atomic mass is 16.6. The minimum Gasteiger partial charge on any atom is -0.386 e. The van der Waals surface area contributed by atoms with Gasteiger partial charge in [-0.3, -0.25) is 14.9 Å². The second kappa shape index (κ2) is 6.82. The molecule has 0 fully saturated rings. The van der Waals surface area contributed by atoms with Crippen LogP contribution in [0.3, 0.4) is 0 Å². The van der Waals surface area contributed by atoms with Gasteiger partial charge in [-0.25, -0.2) is 0 Å². The Balaban J connectivity index is 2.03. The molecule has 0 aliphatic carbocycles. The van der Waals surface area contributed by atoms with Crippen LogP contribution in [0.1, 0.15) is 28.9 Å². The highest BCUT2D eigenvalue weighted by molar-refractivity contribution is 5.94. The first kappa shape index (κ1) is 15.7. The smallest absolute Gasteiger partial charge is 0.269 e. The second-order valence-electron chi connectivity index (χ2n) is 4.92. The maximum absolute atomic E-state index is 12.1. The van der Waals surface area contributed by atoms with Crippen LogP contribution in [0, 0.1) is 10.1 Å². The molecule has 0 aliphatic rings. The first-order valence-corrected chi connectivity index (χ1v) is 6.77. The van der Waals surface area contributed by atoms with Crippen molar-refractivity contribution in [2.75, 3.05) is 0 Å². The maximum atomic E-state index is 12.1. The molecule has 0 bridgehead atoms. The summed E-state index contributed by atoms with van der Waals surface area (Å²) in [5.74, 6) is -0.391. The van der Waals surface area contributed by atoms with Gasteiger partial charge in [0, 0.05) is 17.7 Å². The summed E-state index contributed by atoms with van der Waals surface area (Å²) in [6, 6.07) is 13.8. The Morgan fingerprint density at radius 1 is 1.14 bits per heavy atom. The number of amides is 1. The predicted molar refractivity (Wildman–Crippen MR) is 81.4 cm³/mol. The van der Waals surface area contributed by atoms with E-state index in [1.807, 2.05) is 18.2 Å². The van der Waals surface area contributed by atoms with E-state index in [0.717, 1.165) is 0 Å². The average Bonchev–Trinajstić information content (AvgIpc) is 2.54. The normalized spacial score (nSPS) is 13.2. The number of nitrogens with zero attached hydrogens (tertiary/aromatic N) is 1. The quantitative estimate of drug-likeness (QED) is 0.655. The van der Waals surface area contributed by atoms with Gasteiger partial charge in [0.15, 0.2) is 0 Å². The van der Waals surface area contributed by atoms with Crippen LogP contribution in [-0.2, 0) is 0 Å². The molecule has 2 atom stereocenters. The van der Waals surface area contributed by atoms with Crippen molar-refractivity contribution in [3.63, 3.8) is 0 Å². The molecule has 0 radical (unpaired) electrons. The van der Waals surface area contributed by atoms with Crippen LogP contribution in [-0.4, -0.2) is 22.0 Å². The standard InChI is InChI=1S/C16H16N2O4/c1-11(15(19)12-5-3-2-4-6-12)17-16(20)13-7-9-14(10-8-13)18(21)22/h2-11,15,19H,1H3,(H,17,20)/t11-,15+/m1/s1. The molecule has 1 amide bonds. The summed E-state index contributed by atoms with van der Waals surface area (Å²) in [5.41, 5.74) is 0.936. The molecule has 2 rings (SSSR count). The van der Waals surface area contributed by atoms with E-state index >= 15 is 0 Å². The number of nitro benzene ring substituents is 1. The summed E-state index contributed by atoms with van der Waals surface area (Å²) in [5, 5.41) is 23.5. The van der Waals surface area contributed by atoms with Crippen LogP contribution in [0.5, 0.6) is 0 Å². The van der Waals surface area contributed by atoms with Gasteiger partial charge in [-0.1, -0.05) is 30.3 Å². The largest absolute Gasteiger partial charge is 0.386 e. The molecule has 0 aromatic heterocycles. The van der Waals surface area contributed by atoms with Crippen LogP contribution >= 0.6 is 0 Å². The number of rotatable bonds is 5. The molecule has 2 aromatic carbocycles. The number of carbonyl (C=O) groups is 1. The monoisotopic (exact) mass is 300 g/mol. The third kappa shape index (κ3) is 3.67. The summed E-state index contributed by atoms with van der Waals surface area (Å²) >= 11 is 0. The Hall–Kier alpha value is -2.73. The van der Waals surface area contributed by atoms with Crippen molar-refractivity contribution in [1.29, 1.82) is 0 Å². The number of aliphatic hydroxyl groups excluding tert-OH is 1. The van der Waals surface area contributed by atoms with Gasteiger partial charge >= 0.3 is 0 Å². The molecular formula is C16H16N2O4. The van der Waals surface area contributed by atoms with Gasteiger partial charge in [0.1, 0.15) is 0 Å². The number of nitrogens with one attached hydrogen (secondary N) is 1. The Morgan fingerprint density at radius 2 is 1.73 bits per heavy atom. The minimum absolute atomic E-state index is 0.0751. The van der Waals surface area contributed by atoms with E-state index < -0.39 is 23.0 Å². The van der Waals surface area contributed by atoms with Crippen molar-refractivity contribution in [2.45, 2.75) is 19.1 Å². The van der Waals surface area contributed by atoms with Gasteiger partial charge < -0.3 is 10.4 Å². The lowest BCUT2D eigenvalue weighted by molar-refractivity contribution is -0.384. The lowest BCUT2D eigenvalue weighted by atomic mass is 10.0. The van der Waals surface area contributed by atoms with Crippen molar-refractivity contribution in [3.05, 3.63) is 75.8 Å². The summed E-state index contributed by atoms with van der Waals surface area (Å²) < 4.78 is 0. The van der Waals surface area contributed by atoms with E-state index in [4.69, 9.17) is 0 Å². The lowest BCUT2D eigenvalue weighted by Crippen LogP contribution is -2.37. The number of non-ortho nitro benzene ring substituents is 1. The lowest BCUT2D eigenvalue weighted by Gasteiger charge is -2.20. The molecule has 0 spiro atoms. The molecule has 22 heavy (non-hydrogen) atoms. The third-order valence-electron chi connectivity index (χ3n) is 3.31. The van der Waals surface area contributed by atoms with Crippen LogP contribution in [0.15, 0.2) is 54.6 Å². The van der Waals surface area contributed by atoms with Gasteiger partial charge in [-0.05, 0) is 24.6 Å². The fraction of sp³-hybridized carbons (Fsp3) is 0.188. The van der Waals surface area contributed by atoms with Crippen LogP contribution < -0.4 is 5.32 Å². The van der Waals surface area contributed by atoms with E-state index in [2.05, 4.69) is 5.32 Å². The molecule has 6 nitrogen and oxygen atoms in total. The van der Waals surface area contributed by atoms with Crippen molar-refractivity contribution >= 4 is 11.6 Å². The van der Waals surface area contributed by atoms with Crippen molar-refractivity contribution in [3.8, 4) is 0 Å². The van der Waals surface area contributed by atoms with Gasteiger partial charge in [0.05, 0.1) is 17.1 Å². The van der Waals surface area contributed by atoms with Gasteiger partial charge in [-0.2, -0.15) is 0 Å². The number of benzene rings is 2. The van der Waals surface area contributed by atoms with Gasteiger partial charge in [-0.15, -0.1) is 0 Å². The number of hydrogen-bond donors (Lipinski definition) is 2. The summed E-state index contributed by atoms with van der Waals surface area (Å²) in [4.78, 5) is 22.1. The molecule has 0 unspecified atom stereocenters. The van der Waals surface area contributed by atoms with E-state index in [-0.39, 0.29) is 5.69 Å². The molecule has 0 saturated carbocycles. The molecular weight excluding hydrogens is 284 g/mol. The first-order chi connectivity index (χ1) is 10.5. The zero-order valence-corrected chi connectivity index (χ0v) is 12.0. The SMILES string of the molecule is C[C@@H](NC(=O)c1ccc([N+](=O)[O-])cc1)[C@H](O)c1ccccc1. The Morgan fingerprint density at radius 3 is 2.27 bits per heavy atom. The number of carbonyl (C=O) groups excluding carboxylic acids is 1. The van der Waals surface area contributed by atoms with Crippen molar-refractivity contribution < 1.29 is 14.8 Å². The average molecular weight is 300 g/mol. The molecule has 2 aromatic rings. The van der Waals surface area contributed by atoms with E-state index in [1.54, 1.807) is 19.1 Å². The molecule has 0 aliphatic heterocycles. The third-order valence-corrected chi connectivity index (χ3v) is 3.31. The topological polar surface area (TPSA) is 92.5 Å². The number of hydrogen-bond acceptors (Lipinski definition) is 4. The maximum Gasteiger partial charge on any atom is 0.269 e. The second-order valence-corrected chi connectivity index (χ2v) is 4.92. The molecule has 2 N–H and O–H groups in total. The number of aliphatic hydroxyl groups is 1. The highest BCUT2D eigenvalue weighted by Crippen LogP contribution is 2.17. The van der Waals surface area contributed by atoms with E-state index in [0.29, 0.717) is 11.1 Å². The minimum atomic E-state index is -0.830. The van der Waals surface area contributed by atoms with Gasteiger partial charge in [0.25, 0.3) is 11.6 Å². The Kier molecular flexibility index (Phi) is 4.85. The zero-order chi connectivity index (χ0) is 16.1. The van der Waals surface area contributed by atoms with Crippen molar-refractivity contribution in [1.82, 2.24) is 5.32 Å². The first-order valence-electron chi connectivity index (χ1n) is 6.77. The van der Waals surface area contributed by atoms with E-state index in [9.17, 15) is 20.0 Å². The van der Waals surface area contributed by atoms with Crippen LogP contribution in [0.4, 0.5) is 5.69 Å². The van der Waals surface area contributed by atoms with Crippen LogP contribution in [0.25, 0.3) is 0 Å². The fourth-order valence-electron chi connectivity index (χ4n) is 2.04. The van der Waals surface area contributed by atoms with E-state index in [1.165, 1.54) is 24.3 Å². The summed E-state index contributed by atoms with van der Waals surface area (Å²) in [6.07, 6.45) is -0.830. The van der Waals surface area contributed by atoms with Crippen LogP contribution in [0.2, 0.25) is 0 Å². The fourth-order valence-corrected chi connectivity index (χ4v) is 2.04. The molecule has 114 valence electrons. The van der Waals surface area contributed by atoms with Crippen molar-refractivity contribution in [2.24, 2.45) is 0 Å². The predicted octanol–water partition coefficient (Wildman–Crippen LogP) is 2.45. The molecule has 0 saturated heterocycles.